The maximum absolute atomic E-state index is 12.4. The lowest BCUT2D eigenvalue weighted by atomic mass is 9.53. The molecule has 4 saturated carbocycles. The molecule has 1 amide bonds. The van der Waals surface area contributed by atoms with Crippen molar-refractivity contribution in [3.8, 4) is 0 Å². The van der Waals surface area contributed by atoms with E-state index in [1.165, 1.54) is 83.5 Å². The average Bonchev–Trinajstić information content (AvgIpc) is 2.48. The number of carbonyl (C=O) groups excluding carboxylic acids is 1. The van der Waals surface area contributed by atoms with Crippen LogP contribution in [0, 0.1) is 17.8 Å². The highest BCUT2D eigenvalue weighted by molar-refractivity contribution is 5.76. The lowest BCUT2D eigenvalue weighted by molar-refractivity contribution is -0.127. The molecule has 0 atom stereocenters. The highest BCUT2D eigenvalue weighted by atomic mass is 16.1. The molecule has 0 aliphatic heterocycles. The molecule has 132 valence electrons. The fourth-order valence-corrected chi connectivity index (χ4v) is 6.04. The number of hydrogen-bond donors (Lipinski definition) is 1. The SMILES string of the molecule is CCCCCCCCCCC(=O)NC12CC3CC(CC(C3)C1)C2. The Bertz CT molecular complexity index is 354. The molecular weight excluding hydrogens is 282 g/mol. The number of amides is 1. The second-order valence-electron chi connectivity index (χ2n) is 8.97. The van der Waals surface area contributed by atoms with Crippen LogP contribution in [0.2, 0.25) is 0 Å². The van der Waals surface area contributed by atoms with E-state index in [9.17, 15) is 4.79 Å². The minimum absolute atomic E-state index is 0.214. The number of unbranched alkanes of at least 4 members (excludes halogenated alkanes) is 7. The van der Waals surface area contributed by atoms with Crippen LogP contribution in [-0.2, 0) is 4.79 Å². The molecule has 4 fully saturated rings. The van der Waals surface area contributed by atoms with Gasteiger partial charge in [0.15, 0.2) is 0 Å². The first-order chi connectivity index (χ1) is 11.2. The first-order valence-corrected chi connectivity index (χ1v) is 10.5. The molecular formula is C21H37NO. The van der Waals surface area contributed by atoms with Gasteiger partial charge in [0.05, 0.1) is 0 Å². The van der Waals surface area contributed by atoms with Crippen LogP contribution in [0.3, 0.4) is 0 Å². The molecule has 0 radical (unpaired) electrons. The van der Waals surface area contributed by atoms with Gasteiger partial charge in [-0.05, 0) is 62.7 Å². The largest absolute Gasteiger partial charge is 0.351 e. The normalized spacial score (nSPS) is 34.7. The van der Waals surface area contributed by atoms with Crippen molar-refractivity contribution in [2.24, 2.45) is 17.8 Å². The average molecular weight is 320 g/mol. The zero-order valence-electron chi connectivity index (χ0n) is 15.2. The molecule has 1 N–H and O–H groups in total. The van der Waals surface area contributed by atoms with E-state index in [2.05, 4.69) is 12.2 Å². The van der Waals surface area contributed by atoms with E-state index in [4.69, 9.17) is 0 Å². The van der Waals surface area contributed by atoms with Crippen molar-refractivity contribution in [3.05, 3.63) is 0 Å². The predicted molar refractivity (Wildman–Crippen MR) is 96.3 cm³/mol. The molecule has 0 spiro atoms. The summed E-state index contributed by atoms with van der Waals surface area (Å²) in [4.78, 5) is 12.4. The summed E-state index contributed by atoms with van der Waals surface area (Å²) in [6.45, 7) is 2.27. The van der Waals surface area contributed by atoms with Crippen LogP contribution < -0.4 is 5.32 Å². The zero-order chi connectivity index (χ0) is 16.1. The Morgan fingerprint density at radius 3 is 1.83 bits per heavy atom. The van der Waals surface area contributed by atoms with E-state index < -0.39 is 0 Å². The third-order valence-corrected chi connectivity index (χ3v) is 6.70. The molecule has 4 aliphatic rings. The highest BCUT2D eigenvalue weighted by Crippen LogP contribution is 2.55. The number of nitrogens with one attached hydrogen (secondary N) is 1. The van der Waals surface area contributed by atoms with Crippen molar-refractivity contribution in [2.45, 2.75) is 109 Å². The summed E-state index contributed by atoms with van der Waals surface area (Å²) in [6.07, 6.45) is 19.4. The van der Waals surface area contributed by atoms with Gasteiger partial charge in [0.25, 0.3) is 0 Å². The maximum Gasteiger partial charge on any atom is 0.220 e. The molecule has 0 heterocycles. The molecule has 0 aromatic heterocycles. The third-order valence-electron chi connectivity index (χ3n) is 6.70. The summed E-state index contributed by atoms with van der Waals surface area (Å²) < 4.78 is 0. The summed E-state index contributed by atoms with van der Waals surface area (Å²) in [5.41, 5.74) is 0.214. The number of hydrogen-bond acceptors (Lipinski definition) is 1. The lowest BCUT2D eigenvalue weighted by Crippen LogP contribution is -2.59. The quantitative estimate of drug-likeness (QED) is 0.522. The summed E-state index contributed by atoms with van der Waals surface area (Å²) in [7, 11) is 0. The van der Waals surface area contributed by atoms with E-state index in [1.807, 2.05) is 0 Å². The Labute approximate surface area is 143 Å². The van der Waals surface area contributed by atoms with Crippen molar-refractivity contribution >= 4 is 5.91 Å². The van der Waals surface area contributed by atoms with Gasteiger partial charge in [-0.25, -0.2) is 0 Å². The molecule has 4 rings (SSSR count). The first-order valence-electron chi connectivity index (χ1n) is 10.5. The van der Waals surface area contributed by atoms with Crippen molar-refractivity contribution < 1.29 is 4.79 Å². The van der Waals surface area contributed by atoms with Gasteiger partial charge in [-0.1, -0.05) is 51.9 Å². The van der Waals surface area contributed by atoms with E-state index in [1.54, 1.807) is 0 Å². The fraction of sp³-hybridized carbons (Fsp3) is 0.952. The van der Waals surface area contributed by atoms with Gasteiger partial charge in [0.1, 0.15) is 0 Å². The third kappa shape index (κ3) is 4.73. The van der Waals surface area contributed by atoms with Crippen LogP contribution in [-0.4, -0.2) is 11.4 Å². The predicted octanol–water partition coefficient (Wildman–Crippen LogP) is 5.60. The number of carbonyl (C=O) groups is 1. The van der Waals surface area contributed by atoms with Gasteiger partial charge >= 0.3 is 0 Å². The molecule has 4 aliphatic carbocycles. The standard InChI is InChI=1S/C21H37NO/c1-2-3-4-5-6-7-8-9-10-20(23)22-21-14-17-11-18(15-21)13-19(12-17)16-21/h17-19H,2-16H2,1H3,(H,22,23). The Balaban J connectivity index is 1.29. The van der Waals surface area contributed by atoms with Crippen LogP contribution in [0.15, 0.2) is 0 Å². The maximum atomic E-state index is 12.4. The Hall–Kier alpha value is -0.530. The Morgan fingerprint density at radius 1 is 0.826 bits per heavy atom. The molecule has 0 saturated heterocycles. The van der Waals surface area contributed by atoms with Crippen molar-refractivity contribution in [1.82, 2.24) is 5.32 Å². The lowest BCUT2D eigenvalue weighted by Gasteiger charge is -2.56. The summed E-state index contributed by atoms with van der Waals surface area (Å²) in [6, 6.07) is 0. The van der Waals surface area contributed by atoms with Gasteiger partial charge in [-0.3, -0.25) is 4.79 Å². The summed E-state index contributed by atoms with van der Waals surface area (Å²) in [5.74, 6) is 3.11. The first kappa shape index (κ1) is 17.3. The van der Waals surface area contributed by atoms with Crippen LogP contribution in [0.25, 0.3) is 0 Å². The van der Waals surface area contributed by atoms with Gasteiger partial charge < -0.3 is 5.32 Å². The topological polar surface area (TPSA) is 29.1 Å². The second kappa shape index (κ2) is 8.03. The van der Waals surface area contributed by atoms with Gasteiger partial charge in [-0.15, -0.1) is 0 Å². The molecule has 0 aromatic carbocycles. The van der Waals surface area contributed by atoms with Crippen LogP contribution in [0.4, 0.5) is 0 Å². The fourth-order valence-electron chi connectivity index (χ4n) is 6.04. The summed E-state index contributed by atoms with van der Waals surface area (Å²) in [5, 5.41) is 3.50. The van der Waals surface area contributed by atoms with E-state index >= 15 is 0 Å². The van der Waals surface area contributed by atoms with Gasteiger partial charge in [0.2, 0.25) is 5.91 Å². The van der Waals surface area contributed by atoms with Crippen LogP contribution in [0.5, 0.6) is 0 Å². The van der Waals surface area contributed by atoms with E-state index in [0.29, 0.717) is 5.91 Å². The van der Waals surface area contributed by atoms with E-state index in [0.717, 1.165) is 30.6 Å². The summed E-state index contributed by atoms with van der Waals surface area (Å²) >= 11 is 0. The second-order valence-corrected chi connectivity index (χ2v) is 8.97. The van der Waals surface area contributed by atoms with Crippen LogP contribution >= 0.6 is 0 Å². The minimum Gasteiger partial charge on any atom is -0.351 e. The van der Waals surface area contributed by atoms with Crippen LogP contribution in [0.1, 0.15) is 103 Å². The zero-order valence-corrected chi connectivity index (χ0v) is 15.2. The van der Waals surface area contributed by atoms with Gasteiger partial charge in [0, 0.05) is 12.0 Å². The van der Waals surface area contributed by atoms with E-state index in [-0.39, 0.29) is 5.54 Å². The number of rotatable bonds is 10. The smallest absolute Gasteiger partial charge is 0.220 e. The van der Waals surface area contributed by atoms with Crippen molar-refractivity contribution in [3.63, 3.8) is 0 Å². The molecule has 0 unspecified atom stereocenters. The Kier molecular flexibility index (Phi) is 6.04. The molecule has 23 heavy (non-hydrogen) atoms. The minimum atomic E-state index is 0.214. The molecule has 4 bridgehead atoms. The monoisotopic (exact) mass is 319 g/mol. The molecule has 0 aromatic rings. The molecule has 2 nitrogen and oxygen atoms in total. The van der Waals surface area contributed by atoms with Crippen molar-refractivity contribution in [1.29, 1.82) is 0 Å². The highest BCUT2D eigenvalue weighted by Gasteiger charge is 2.51. The van der Waals surface area contributed by atoms with Crippen molar-refractivity contribution in [2.75, 3.05) is 0 Å². The Morgan fingerprint density at radius 2 is 1.30 bits per heavy atom. The van der Waals surface area contributed by atoms with Gasteiger partial charge in [-0.2, -0.15) is 0 Å². The molecule has 2 heteroatoms.